The summed E-state index contributed by atoms with van der Waals surface area (Å²) in [7, 11) is 3.10. The van der Waals surface area contributed by atoms with Crippen LogP contribution in [-0.2, 0) is 11.3 Å². The number of methoxy groups -OCH3 is 2. The van der Waals surface area contributed by atoms with Gasteiger partial charge in [-0.05, 0) is 6.92 Å². The standard InChI is InChI=1S/C14H18N2O5/c1-4-21-14-15-9-7-11(19-2)12(20-3)8-10(9)16(14)6-5-13(17)18/h7-8H,4-6H2,1-3H3,(H,17,18). The molecule has 0 aliphatic rings. The van der Waals surface area contributed by atoms with Crippen molar-refractivity contribution in [3.8, 4) is 17.5 Å². The number of hydrogen-bond acceptors (Lipinski definition) is 5. The van der Waals surface area contributed by atoms with Crippen LogP contribution in [0.3, 0.4) is 0 Å². The first-order valence-corrected chi connectivity index (χ1v) is 6.57. The van der Waals surface area contributed by atoms with Crippen LogP contribution in [0.4, 0.5) is 0 Å². The van der Waals surface area contributed by atoms with Crippen molar-refractivity contribution in [2.45, 2.75) is 19.9 Å². The normalized spacial score (nSPS) is 10.6. The number of aromatic nitrogens is 2. The van der Waals surface area contributed by atoms with E-state index in [1.807, 2.05) is 6.92 Å². The van der Waals surface area contributed by atoms with E-state index in [0.29, 0.717) is 29.6 Å². The molecule has 2 aromatic rings. The van der Waals surface area contributed by atoms with Crippen LogP contribution >= 0.6 is 0 Å². The van der Waals surface area contributed by atoms with E-state index in [2.05, 4.69) is 4.98 Å². The number of nitrogens with zero attached hydrogens (tertiary/aromatic N) is 2. The average Bonchev–Trinajstić information content (AvgIpc) is 2.80. The molecular formula is C14H18N2O5. The van der Waals surface area contributed by atoms with Gasteiger partial charge in [-0.1, -0.05) is 0 Å². The summed E-state index contributed by atoms with van der Waals surface area (Å²) < 4.78 is 17.7. The van der Waals surface area contributed by atoms with E-state index >= 15 is 0 Å². The molecule has 0 atom stereocenters. The van der Waals surface area contributed by atoms with Crippen LogP contribution in [0.15, 0.2) is 12.1 Å². The maximum absolute atomic E-state index is 10.8. The molecule has 0 fully saturated rings. The van der Waals surface area contributed by atoms with Gasteiger partial charge in [-0.3, -0.25) is 9.36 Å². The number of rotatable bonds is 7. The number of fused-ring (bicyclic) bond motifs is 1. The fourth-order valence-electron chi connectivity index (χ4n) is 2.09. The summed E-state index contributed by atoms with van der Waals surface area (Å²) in [5.41, 5.74) is 1.42. The molecule has 0 aliphatic heterocycles. The predicted octanol–water partition coefficient (Wildman–Crippen LogP) is 1.93. The fraction of sp³-hybridized carbons (Fsp3) is 0.429. The average molecular weight is 294 g/mol. The number of benzene rings is 1. The van der Waals surface area contributed by atoms with Crippen LogP contribution in [-0.4, -0.2) is 41.5 Å². The minimum absolute atomic E-state index is 0.0140. The minimum atomic E-state index is -0.875. The van der Waals surface area contributed by atoms with E-state index in [1.54, 1.807) is 30.9 Å². The monoisotopic (exact) mass is 294 g/mol. The molecule has 21 heavy (non-hydrogen) atoms. The molecule has 1 aromatic carbocycles. The number of hydrogen-bond donors (Lipinski definition) is 1. The van der Waals surface area contributed by atoms with Gasteiger partial charge in [0.25, 0.3) is 6.01 Å². The summed E-state index contributed by atoms with van der Waals surface area (Å²) in [6, 6.07) is 3.91. The van der Waals surface area contributed by atoms with E-state index < -0.39 is 5.97 Å². The fourth-order valence-corrected chi connectivity index (χ4v) is 2.09. The summed E-state index contributed by atoms with van der Waals surface area (Å²) in [5, 5.41) is 8.87. The second kappa shape index (κ2) is 6.34. The molecule has 0 aliphatic carbocycles. The smallest absolute Gasteiger partial charge is 0.305 e. The number of carboxylic acid groups (broad SMARTS) is 1. The zero-order chi connectivity index (χ0) is 15.4. The maximum atomic E-state index is 10.8. The van der Waals surface area contributed by atoms with Crippen molar-refractivity contribution >= 4 is 17.0 Å². The van der Waals surface area contributed by atoms with Gasteiger partial charge in [0.15, 0.2) is 11.5 Å². The number of aryl methyl sites for hydroxylation is 1. The van der Waals surface area contributed by atoms with E-state index in [1.165, 1.54) is 0 Å². The molecule has 7 heteroatoms. The van der Waals surface area contributed by atoms with Crippen LogP contribution in [0, 0.1) is 0 Å². The predicted molar refractivity (Wildman–Crippen MR) is 76.3 cm³/mol. The Hall–Kier alpha value is -2.44. The first kappa shape index (κ1) is 15.0. The second-order valence-corrected chi connectivity index (χ2v) is 4.32. The molecule has 114 valence electrons. The Kier molecular flexibility index (Phi) is 4.52. The Morgan fingerprint density at radius 3 is 2.52 bits per heavy atom. The van der Waals surface area contributed by atoms with Crippen LogP contribution in [0.2, 0.25) is 0 Å². The van der Waals surface area contributed by atoms with Crippen LogP contribution < -0.4 is 14.2 Å². The molecule has 1 aromatic heterocycles. The molecule has 0 spiro atoms. The number of carbonyl (C=O) groups is 1. The van der Waals surface area contributed by atoms with Crippen molar-refractivity contribution in [2.75, 3.05) is 20.8 Å². The van der Waals surface area contributed by atoms with Crippen LogP contribution in [0.5, 0.6) is 17.5 Å². The van der Waals surface area contributed by atoms with Crippen molar-refractivity contribution in [2.24, 2.45) is 0 Å². The lowest BCUT2D eigenvalue weighted by Gasteiger charge is -2.09. The number of aliphatic carboxylic acids is 1. The summed E-state index contributed by atoms with van der Waals surface area (Å²) in [5.74, 6) is 0.250. The quantitative estimate of drug-likeness (QED) is 0.840. The Labute approximate surface area is 122 Å². The summed E-state index contributed by atoms with van der Waals surface area (Å²) in [6.07, 6.45) is -0.0140. The molecule has 0 saturated carbocycles. The van der Waals surface area contributed by atoms with Crippen molar-refractivity contribution in [1.82, 2.24) is 9.55 Å². The largest absolute Gasteiger partial charge is 0.493 e. The molecule has 0 bridgehead atoms. The van der Waals surface area contributed by atoms with Gasteiger partial charge in [-0.2, -0.15) is 4.98 Å². The summed E-state index contributed by atoms with van der Waals surface area (Å²) >= 11 is 0. The Morgan fingerprint density at radius 1 is 1.29 bits per heavy atom. The lowest BCUT2D eigenvalue weighted by molar-refractivity contribution is -0.137. The summed E-state index contributed by atoms with van der Waals surface area (Å²) in [6.45, 7) is 2.57. The lowest BCUT2D eigenvalue weighted by Crippen LogP contribution is -2.07. The maximum Gasteiger partial charge on any atom is 0.305 e. The van der Waals surface area contributed by atoms with Gasteiger partial charge in [0.1, 0.15) is 0 Å². The SMILES string of the molecule is CCOc1nc2cc(OC)c(OC)cc2n1CCC(=O)O. The third-order valence-electron chi connectivity index (χ3n) is 3.04. The minimum Gasteiger partial charge on any atom is -0.493 e. The van der Waals surface area contributed by atoms with Gasteiger partial charge in [0.05, 0.1) is 38.3 Å². The van der Waals surface area contributed by atoms with E-state index in [9.17, 15) is 4.79 Å². The first-order valence-electron chi connectivity index (χ1n) is 6.57. The van der Waals surface area contributed by atoms with Crippen molar-refractivity contribution in [3.63, 3.8) is 0 Å². The molecular weight excluding hydrogens is 276 g/mol. The Balaban J connectivity index is 2.55. The topological polar surface area (TPSA) is 82.8 Å². The Morgan fingerprint density at radius 2 is 1.95 bits per heavy atom. The van der Waals surface area contributed by atoms with E-state index in [-0.39, 0.29) is 13.0 Å². The molecule has 0 saturated heterocycles. The van der Waals surface area contributed by atoms with Gasteiger partial charge < -0.3 is 19.3 Å². The highest BCUT2D eigenvalue weighted by Gasteiger charge is 2.16. The van der Waals surface area contributed by atoms with Gasteiger partial charge in [0, 0.05) is 18.7 Å². The molecule has 0 amide bonds. The van der Waals surface area contributed by atoms with Crippen LogP contribution in [0.25, 0.3) is 11.0 Å². The van der Waals surface area contributed by atoms with Gasteiger partial charge in [-0.15, -0.1) is 0 Å². The molecule has 2 rings (SSSR count). The van der Waals surface area contributed by atoms with Gasteiger partial charge in [0.2, 0.25) is 0 Å². The molecule has 0 unspecified atom stereocenters. The van der Waals surface area contributed by atoms with Crippen LogP contribution in [0.1, 0.15) is 13.3 Å². The highest BCUT2D eigenvalue weighted by Crippen LogP contribution is 2.34. The molecule has 0 radical (unpaired) electrons. The van der Waals surface area contributed by atoms with Crippen molar-refractivity contribution in [3.05, 3.63) is 12.1 Å². The third kappa shape index (κ3) is 3.01. The second-order valence-electron chi connectivity index (χ2n) is 4.32. The number of imidazole rings is 1. The molecule has 1 heterocycles. The highest BCUT2D eigenvalue weighted by atomic mass is 16.5. The molecule has 7 nitrogen and oxygen atoms in total. The van der Waals surface area contributed by atoms with Gasteiger partial charge in [-0.25, -0.2) is 0 Å². The molecule has 1 N–H and O–H groups in total. The lowest BCUT2D eigenvalue weighted by atomic mass is 10.2. The summed E-state index contributed by atoms with van der Waals surface area (Å²) in [4.78, 5) is 15.2. The van der Waals surface area contributed by atoms with E-state index in [4.69, 9.17) is 19.3 Å². The third-order valence-corrected chi connectivity index (χ3v) is 3.04. The van der Waals surface area contributed by atoms with Crippen molar-refractivity contribution < 1.29 is 24.1 Å². The zero-order valence-corrected chi connectivity index (χ0v) is 12.3. The first-order chi connectivity index (χ1) is 10.1. The number of carboxylic acids is 1. The number of ether oxygens (including phenoxy) is 3. The van der Waals surface area contributed by atoms with E-state index in [0.717, 1.165) is 5.52 Å². The van der Waals surface area contributed by atoms with Gasteiger partial charge >= 0.3 is 5.97 Å². The highest BCUT2D eigenvalue weighted by molar-refractivity contribution is 5.81. The zero-order valence-electron chi connectivity index (χ0n) is 12.3. The van der Waals surface area contributed by atoms with Crippen molar-refractivity contribution in [1.29, 1.82) is 0 Å². The Bertz CT molecular complexity index is 650.